The van der Waals surface area contributed by atoms with Gasteiger partial charge >= 0.3 is 7.60 Å². The van der Waals surface area contributed by atoms with Gasteiger partial charge in [-0.1, -0.05) is 30.3 Å². The number of nitrogens with zero attached hydrogens (tertiary/aromatic N) is 5. The second-order valence-corrected chi connectivity index (χ2v) is 9.97. The van der Waals surface area contributed by atoms with Gasteiger partial charge in [-0.3, -0.25) is 9.13 Å². The minimum absolute atomic E-state index is 0.0362. The van der Waals surface area contributed by atoms with E-state index in [1.807, 2.05) is 49.2 Å². The molecule has 1 fully saturated rings. The van der Waals surface area contributed by atoms with Crippen molar-refractivity contribution in [1.82, 2.24) is 19.5 Å². The molecule has 3 aromatic rings. The fraction of sp³-hybridized carbons (Fsp3) is 0.450. The van der Waals surface area contributed by atoms with Gasteiger partial charge in [0, 0.05) is 7.05 Å². The van der Waals surface area contributed by atoms with E-state index in [0.717, 1.165) is 5.56 Å². The lowest BCUT2D eigenvalue weighted by molar-refractivity contribution is -0.0612. The summed E-state index contributed by atoms with van der Waals surface area (Å²) in [5, 5.41) is 20.9. The maximum atomic E-state index is 11.0. The predicted octanol–water partition coefficient (Wildman–Crippen LogP) is 1.45. The van der Waals surface area contributed by atoms with Gasteiger partial charge in [0.2, 0.25) is 5.28 Å². The zero-order valence-electron chi connectivity index (χ0n) is 18.3. The van der Waals surface area contributed by atoms with Crippen molar-refractivity contribution in [2.45, 2.75) is 37.5 Å². The molecule has 0 amide bonds. The summed E-state index contributed by atoms with van der Waals surface area (Å²) in [4.78, 5) is 32.8. The Balaban J connectivity index is 1.61. The van der Waals surface area contributed by atoms with E-state index < -0.39 is 38.5 Å². The van der Waals surface area contributed by atoms with Gasteiger partial charge in [-0.05, 0) is 24.1 Å². The van der Waals surface area contributed by atoms with Gasteiger partial charge in [-0.15, -0.1) is 0 Å². The molecule has 4 N–H and O–H groups in total. The molecule has 1 saturated heterocycles. The van der Waals surface area contributed by atoms with Crippen LogP contribution in [-0.2, 0) is 14.0 Å². The molecule has 1 aromatic carbocycles. The number of aliphatic hydroxyl groups excluding tert-OH is 2. The van der Waals surface area contributed by atoms with Gasteiger partial charge in [-0.25, -0.2) is 4.98 Å². The van der Waals surface area contributed by atoms with E-state index in [0.29, 0.717) is 11.3 Å². The van der Waals surface area contributed by atoms with Crippen molar-refractivity contribution in [2.24, 2.45) is 0 Å². The molecule has 0 spiro atoms. The first kappa shape index (κ1) is 25.0. The molecule has 14 heteroatoms. The molecular weight excluding hydrogens is 489 g/mol. The van der Waals surface area contributed by atoms with Crippen LogP contribution in [0.2, 0.25) is 5.28 Å². The SMILES string of the molecule is CC(c1ccccc1)N(C)c1nc(Cl)nc2c1ncn2[C@@H]1O[C@H](COCP(=O)(O)O)[C@@H](O)[C@H]1O. The number of fused-ring (bicyclic) bond motifs is 1. The number of hydrogen-bond donors (Lipinski definition) is 4. The van der Waals surface area contributed by atoms with Crippen LogP contribution in [0.3, 0.4) is 0 Å². The van der Waals surface area contributed by atoms with Crippen molar-refractivity contribution in [2.75, 3.05) is 24.9 Å². The van der Waals surface area contributed by atoms with Crippen molar-refractivity contribution in [3.8, 4) is 0 Å². The first-order valence-electron chi connectivity index (χ1n) is 10.4. The molecule has 2 aromatic heterocycles. The Kier molecular flexibility index (Phi) is 7.22. The molecule has 3 heterocycles. The van der Waals surface area contributed by atoms with E-state index >= 15 is 0 Å². The van der Waals surface area contributed by atoms with Gasteiger partial charge in [0.1, 0.15) is 24.7 Å². The van der Waals surface area contributed by atoms with Crippen molar-refractivity contribution >= 4 is 36.2 Å². The van der Waals surface area contributed by atoms with Crippen LogP contribution in [0.25, 0.3) is 11.2 Å². The summed E-state index contributed by atoms with van der Waals surface area (Å²) in [6, 6.07) is 9.76. The van der Waals surface area contributed by atoms with Crippen LogP contribution in [0.15, 0.2) is 36.7 Å². The smallest absolute Gasteiger partial charge is 0.350 e. The lowest BCUT2D eigenvalue weighted by Gasteiger charge is -2.26. The molecule has 1 aliphatic heterocycles. The van der Waals surface area contributed by atoms with Crippen molar-refractivity contribution in [3.05, 3.63) is 47.5 Å². The van der Waals surface area contributed by atoms with Gasteiger partial charge in [0.15, 0.2) is 23.2 Å². The minimum atomic E-state index is -4.38. The Morgan fingerprint density at radius 1 is 1.24 bits per heavy atom. The number of aliphatic hydroxyl groups is 2. The third kappa shape index (κ3) is 5.09. The second kappa shape index (κ2) is 9.84. The van der Waals surface area contributed by atoms with E-state index in [4.69, 9.17) is 30.9 Å². The highest BCUT2D eigenvalue weighted by molar-refractivity contribution is 7.51. The van der Waals surface area contributed by atoms with E-state index in [9.17, 15) is 14.8 Å². The summed E-state index contributed by atoms with van der Waals surface area (Å²) in [5.74, 6) is 0.472. The van der Waals surface area contributed by atoms with Crippen molar-refractivity contribution < 1.29 is 34.0 Å². The summed E-state index contributed by atoms with van der Waals surface area (Å²) in [7, 11) is -2.52. The number of benzene rings is 1. The Hall–Kier alpha value is -2.15. The topological polar surface area (TPSA) is 163 Å². The predicted molar refractivity (Wildman–Crippen MR) is 122 cm³/mol. The highest BCUT2D eigenvalue weighted by Crippen LogP contribution is 2.37. The highest BCUT2D eigenvalue weighted by Gasteiger charge is 2.44. The highest BCUT2D eigenvalue weighted by atomic mass is 35.5. The van der Waals surface area contributed by atoms with Gasteiger partial charge < -0.3 is 34.4 Å². The van der Waals surface area contributed by atoms with Gasteiger partial charge in [-0.2, -0.15) is 9.97 Å². The summed E-state index contributed by atoms with van der Waals surface area (Å²) in [6.07, 6.45) is -4.27. The Morgan fingerprint density at radius 2 is 1.94 bits per heavy atom. The van der Waals surface area contributed by atoms with Gasteiger partial charge in [0.25, 0.3) is 0 Å². The maximum absolute atomic E-state index is 11.0. The Morgan fingerprint density at radius 3 is 2.62 bits per heavy atom. The molecule has 34 heavy (non-hydrogen) atoms. The summed E-state index contributed by atoms with van der Waals surface area (Å²) in [5.41, 5.74) is 1.76. The first-order chi connectivity index (χ1) is 16.1. The van der Waals surface area contributed by atoms with E-state index in [1.54, 1.807) is 0 Å². The number of rotatable bonds is 8. The van der Waals surface area contributed by atoms with E-state index in [2.05, 4.69) is 15.0 Å². The fourth-order valence-electron chi connectivity index (χ4n) is 3.83. The minimum Gasteiger partial charge on any atom is -0.387 e. The maximum Gasteiger partial charge on any atom is 0.350 e. The summed E-state index contributed by atoms with van der Waals surface area (Å²) >= 11 is 6.22. The zero-order valence-corrected chi connectivity index (χ0v) is 20.0. The molecular formula is C20H25ClN5O7P. The molecule has 0 bridgehead atoms. The fourth-order valence-corrected chi connectivity index (χ4v) is 4.33. The summed E-state index contributed by atoms with van der Waals surface area (Å²) in [6.45, 7) is 1.68. The normalized spacial score (nSPS) is 24.0. The molecule has 1 aliphatic rings. The van der Waals surface area contributed by atoms with Crippen molar-refractivity contribution in [3.63, 3.8) is 0 Å². The molecule has 4 rings (SSSR count). The standard InChI is InChI=1S/C20H25ClN5O7P/c1-11(12-6-4-3-5-7-12)25(2)17-14-18(24-20(21)23-17)26(9-22-14)19-16(28)15(27)13(33-19)8-32-10-34(29,30)31/h3-7,9,11,13,15-16,19,27-28H,8,10H2,1-2H3,(H2,29,30,31)/t11?,13-,15-,16-,19-/m1/s1. The average molecular weight is 514 g/mol. The van der Waals surface area contributed by atoms with Crippen LogP contribution >= 0.6 is 19.2 Å². The largest absolute Gasteiger partial charge is 0.387 e. The van der Waals surface area contributed by atoms with Crippen LogP contribution in [0, 0.1) is 0 Å². The van der Waals surface area contributed by atoms with Crippen LogP contribution in [0.5, 0.6) is 0 Å². The molecule has 0 radical (unpaired) electrons. The Labute approximate surface area is 199 Å². The third-order valence-electron chi connectivity index (χ3n) is 5.73. The number of anilines is 1. The summed E-state index contributed by atoms with van der Waals surface area (Å²) < 4.78 is 23.1. The number of aromatic nitrogens is 4. The van der Waals surface area contributed by atoms with Crippen LogP contribution < -0.4 is 4.90 Å². The number of ether oxygens (including phenoxy) is 2. The molecule has 184 valence electrons. The van der Waals surface area contributed by atoms with Gasteiger partial charge in [0.05, 0.1) is 19.0 Å². The number of imidazole rings is 1. The lowest BCUT2D eigenvalue weighted by Crippen LogP contribution is -2.34. The average Bonchev–Trinajstić information content (AvgIpc) is 3.33. The number of halogens is 1. The monoisotopic (exact) mass is 513 g/mol. The second-order valence-electron chi connectivity index (χ2n) is 8.05. The van der Waals surface area contributed by atoms with Crippen molar-refractivity contribution in [1.29, 1.82) is 0 Å². The first-order valence-corrected chi connectivity index (χ1v) is 12.6. The zero-order chi connectivity index (χ0) is 24.6. The molecule has 0 aliphatic carbocycles. The molecule has 1 unspecified atom stereocenters. The van der Waals surface area contributed by atoms with Crippen LogP contribution in [-0.4, -0.2) is 77.8 Å². The molecule has 0 saturated carbocycles. The van der Waals surface area contributed by atoms with E-state index in [-0.39, 0.29) is 23.6 Å². The third-order valence-corrected chi connectivity index (χ3v) is 6.41. The molecule has 12 nitrogen and oxygen atoms in total. The van der Waals surface area contributed by atoms with Crippen LogP contribution in [0.4, 0.5) is 5.82 Å². The number of hydrogen-bond acceptors (Lipinski definition) is 9. The molecule has 5 atom stereocenters. The van der Waals surface area contributed by atoms with E-state index in [1.165, 1.54) is 10.9 Å². The van der Waals surface area contributed by atoms with Crippen LogP contribution in [0.1, 0.15) is 24.8 Å². The lowest BCUT2D eigenvalue weighted by atomic mass is 10.1. The quantitative estimate of drug-likeness (QED) is 0.254. The Bertz CT molecular complexity index is 1190.